The zero-order chi connectivity index (χ0) is 23.4. The Balaban J connectivity index is 1.38. The topological polar surface area (TPSA) is 87.7 Å². The maximum atomic E-state index is 12.7. The van der Waals surface area contributed by atoms with Gasteiger partial charge in [-0.1, -0.05) is 24.3 Å². The molecule has 3 amide bonds. The fourth-order valence-electron chi connectivity index (χ4n) is 3.80. The number of para-hydroxylation sites is 1. The van der Waals surface area contributed by atoms with E-state index in [0.717, 1.165) is 11.3 Å². The molecule has 1 atom stereocenters. The molecule has 0 spiro atoms. The van der Waals surface area contributed by atoms with Gasteiger partial charge in [0, 0.05) is 29.9 Å². The van der Waals surface area contributed by atoms with Crippen molar-refractivity contribution in [1.29, 1.82) is 0 Å². The third-order valence-electron chi connectivity index (χ3n) is 5.58. The third kappa shape index (κ3) is 5.03. The maximum Gasteiger partial charge on any atom is 0.255 e. The SMILES string of the molecule is COc1ccc(C)cc1NC(=O)c1ccc(NC(=O)C2CC(=O)N(c3ccccc3)C2)cc1. The molecule has 0 aliphatic carbocycles. The van der Waals surface area contributed by atoms with Crippen LogP contribution in [0.3, 0.4) is 0 Å². The summed E-state index contributed by atoms with van der Waals surface area (Å²) in [6.07, 6.45) is 0.166. The van der Waals surface area contributed by atoms with Crippen LogP contribution in [0.1, 0.15) is 22.3 Å². The number of carbonyl (C=O) groups excluding carboxylic acids is 3. The molecular formula is C26H25N3O4. The summed E-state index contributed by atoms with van der Waals surface area (Å²) in [5.41, 5.74) is 3.39. The highest BCUT2D eigenvalue weighted by Crippen LogP contribution is 2.27. The molecule has 1 unspecified atom stereocenters. The van der Waals surface area contributed by atoms with E-state index in [9.17, 15) is 14.4 Å². The second-order valence-electron chi connectivity index (χ2n) is 7.97. The van der Waals surface area contributed by atoms with Gasteiger partial charge in [-0.2, -0.15) is 0 Å². The van der Waals surface area contributed by atoms with Gasteiger partial charge in [0.1, 0.15) is 5.75 Å². The molecule has 0 saturated carbocycles. The molecule has 1 aliphatic rings. The number of hydrogen-bond acceptors (Lipinski definition) is 4. The fourth-order valence-corrected chi connectivity index (χ4v) is 3.80. The summed E-state index contributed by atoms with van der Waals surface area (Å²) >= 11 is 0. The van der Waals surface area contributed by atoms with Gasteiger partial charge in [0.25, 0.3) is 5.91 Å². The predicted octanol–water partition coefficient (Wildman–Crippen LogP) is 4.25. The number of nitrogens with one attached hydrogen (secondary N) is 2. The molecule has 1 heterocycles. The van der Waals surface area contributed by atoms with Crippen LogP contribution >= 0.6 is 0 Å². The molecule has 3 aromatic carbocycles. The lowest BCUT2D eigenvalue weighted by Crippen LogP contribution is -2.28. The first-order chi connectivity index (χ1) is 15.9. The summed E-state index contributed by atoms with van der Waals surface area (Å²) < 4.78 is 5.30. The molecule has 7 heteroatoms. The highest BCUT2D eigenvalue weighted by atomic mass is 16.5. The van der Waals surface area contributed by atoms with Gasteiger partial charge in [-0.15, -0.1) is 0 Å². The smallest absolute Gasteiger partial charge is 0.255 e. The van der Waals surface area contributed by atoms with Gasteiger partial charge in [0.15, 0.2) is 0 Å². The number of rotatable bonds is 6. The number of ether oxygens (including phenoxy) is 1. The number of hydrogen-bond donors (Lipinski definition) is 2. The van der Waals surface area contributed by atoms with Crippen LogP contribution in [-0.2, 0) is 9.59 Å². The van der Waals surface area contributed by atoms with E-state index in [1.807, 2.05) is 49.4 Å². The van der Waals surface area contributed by atoms with Crippen LogP contribution in [0, 0.1) is 12.8 Å². The van der Waals surface area contributed by atoms with E-state index in [4.69, 9.17) is 4.74 Å². The quantitative estimate of drug-likeness (QED) is 0.596. The Labute approximate surface area is 192 Å². The number of methoxy groups -OCH3 is 1. The summed E-state index contributed by atoms with van der Waals surface area (Å²) in [5, 5.41) is 5.70. The lowest BCUT2D eigenvalue weighted by molar-refractivity contribution is -0.122. The minimum Gasteiger partial charge on any atom is -0.495 e. The van der Waals surface area contributed by atoms with E-state index in [1.54, 1.807) is 42.3 Å². The van der Waals surface area contributed by atoms with E-state index < -0.39 is 5.92 Å². The van der Waals surface area contributed by atoms with Crippen molar-refractivity contribution in [2.75, 3.05) is 29.2 Å². The van der Waals surface area contributed by atoms with Crippen LogP contribution in [0.25, 0.3) is 0 Å². The molecule has 1 saturated heterocycles. The summed E-state index contributed by atoms with van der Waals surface area (Å²) in [6.45, 7) is 2.27. The minimum absolute atomic E-state index is 0.0695. The Kier molecular flexibility index (Phi) is 6.40. The zero-order valence-electron chi connectivity index (χ0n) is 18.5. The second kappa shape index (κ2) is 9.56. The number of nitrogens with zero attached hydrogens (tertiary/aromatic N) is 1. The van der Waals surface area contributed by atoms with E-state index in [-0.39, 0.29) is 24.1 Å². The monoisotopic (exact) mass is 443 g/mol. The highest BCUT2D eigenvalue weighted by molar-refractivity contribution is 6.06. The van der Waals surface area contributed by atoms with Gasteiger partial charge in [0.2, 0.25) is 11.8 Å². The van der Waals surface area contributed by atoms with Crippen molar-refractivity contribution in [3.63, 3.8) is 0 Å². The van der Waals surface area contributed by atoms with E-state index in [0.29, 0.717) is 29.2 Å². The molecule has 7 nitrogen and oxygen atoms in total. The molecule has 168 valence electrons. The summed E-state index contributed by atoms with van der Waals surface area (Å²) in [4.78, 5) is 39.4. The van der Waals surface area contributed by atoms with Gasteiger partial charge in [-0.25, -0.2) is 0 Å². The Morgan fingerprint density at radius 1 is 0.970 bits per heavy atom. The first kappa shape index (κ1) is 22.1. The Hall–Kier alpha value is -4.13. The lowest BCUT2D eigenvalue weighted by atomic mass is 10.1. The van der Waals surface area contributed by atoms with Crippen molar-refractivity contribution < 1.29 is 19.1 Å². The van der Waals surface area contributed by atoms with Crippen molar-refractivity contribution in [2.24, 2.45) is 5.92 Å². The Bertz CT molecular complexity index is 1180. The Morgan fingerprint density at radius 2 is 1.70 bits per heavy atom. The fraction of sp³-hybridized carbons (Fsp3) is 0.192. The van der Waals surface area contributed by atoms with Gasteiger partial charge < -0.3 is 20.3 Å². The van der Waals surface area contributed by atoms with Crippen LogP contribution in [0.4, 0.5) is 17.1 Å². The normalized spacial score (nSPS) is 15.3. The Morgan fingerprint density at radius 3 is 2.39 bits per heavy atom. The third-order valence-corrected chi connectivity index (χ3v) is 5.58. The molecule has 33 heavy (non-hydrogen) atoms. The minimum atomic E-state index is -0.436. The largest absolute Gasteiger partial charge is 0.495 e. The van der Waals surface area contributed by atoms with Crippen LogP contribution in [0.15, 0.2) is 72.8 Å². The maximum absolute atomic E-state index is 12.7. The van der Waals surface area contributed by atoms with Crippen molar-refractivity contribution >= 4 is 34.8 Å². The first-order valence-electron chi connectivity index (χ1n) is 10.7. The molecular weight excluding hydrogens is 418 g/mol. The van der Waals surface area contributed by atoms with E-state index in [1.165, 1.54) is 0 Å². The highest BCUT2D eigenvalue weighted by Gasteiger charge is 2.35. The van der Waals surface area contributed by atoms with Crippen molar-refractivity contribution in [2.45, 2.75) is 13.3 Å². The predicted molar refractivity (Wildman–Crippen MR) is 128 cm³/mol. The molecule has 1 aliphatic heterocycles. The van der Waals surface area contributed by atoms with Crippen molar-refractivity contribution in [1.82, 2.24) is 0 Å². The number of benzene rings is 3. The number of amides is 3. The van der Waals surface area contributed by atoms with Gasteiger partial charge in [0.05, 0.1) is 18.7 Å². The number of carbonyl (C=O) groups is 3. The summed E-state index contributed by atoms with van der Waals surface area (Å²) in [7, 11) is 1.55. The number of anilines is 3. The van der Waals surface area contributed by atoms with Crippen LogP contribution in [0.2, 0.25) is 0 Å². The molecule has 1 fully saturated rings. The molecule has 0 aromatic heterocycles. The second-order valence-corrected chi connectivity index (χ2v) is 7.97. The summed E-state index contributed by atoms with van der Waals surface area (Å²) in [6, 6.07) is 21.5. The molecule has 0 bridgehead atoms. The van der Waals surface area contributed by atoms with Crippen LogP contribution in [0.5, 0.6) is 5.75 Å². The van der Waals surface area contributed by atoms with E-state index >= 15 is 0 Å². The van der Waals surface area contributed by atoms with Gasteiger partial charge in [-0.3, -0.25) is 14.4 Å². The van der Waals surface area contributed by atoms with Crippen molar-refractivity contribution in [3.05, 3.63) is 83.9 Å². The molecule has 4 rings (SSSR count). The zero-order valence-corrected chi connectivity index (χ0v) is 18.5. The van der Waals surface area contributed by atoms with Crippen LogP contribution in [-0.4, -0.2) is 31.4 Å². The average Bonchev–Trinajstić information content (AvgIpc) is 3.22. The average molecular weight is 444 g/mol. The van der Waals surface area contributed by atoms with Gasteiger partial charge in [-0.05, 0) is 61.0 Å². The lowest BCUT2D eigenvalue weighted by Gasteiger charge is -2.16. The number of aryl methyl sites for hydroxylation is 1. The molecule has 0 radical (unpaired) electrons. The first-order valence-corrected chi connectivity index (χ1v) is 10.7. The molecule has 3 aromatic rings. The van der Waals surface area contributed by atoms with Crippen molar-refractivity contribution in [3.8, 4) is 5.75 Å². The summed E-state index contributed by atoms with van der Waals surface area (Å²) in [5.74, 6) is -0.428. The van der Waals surface area contributed by atoms with E-state index in [2.05, 4.69) is 10.6 Å². The van der Waals surface area contributed by atoms with Gasteiger partial charge >= 0.3 is 0 Å². The standard InChI is InChI=1S/C26H25N3O4/c1-17-8-13-23(33-2)22(14-17)28-25(31)18-9-11-20(12-10-18)27-26(32)19-15-24(30)29(16-19)21-6-4-3-5-7-21/h3-14,19H,15-16H2,1-2H3,(H,27,32)(H,28,31). The van der Waals surface area contributed by atoms with Crippen LogP contribution < -0.4 is 20.3 Å². The molecule has 2 N–H and O–H groups in total.